The van der Waals surface area contributed by atoms with Crippen LogP contribution in [0.1, 0.15) is 23.5 Å². The molecule has 6 heteroatoms. The Morgan fingerprint density at radius 1 is 1.23 bits per heavy atom. The van der Waals surface area contributed by atoms with Gasteiger partial charge in [0.15, 0.2) is 0 Å². The van der Waals surface area contributed by atoms with E-state index in [1.54, 1.807) is 12.1 Å². The maximum atomic E-state index is 11.8. The molecule has 0 fully saturated rings. The molecule has 1 N–H and O–H groups in total. The first-order valence-electron chi connectivity index (χ1n) is 6.76. The standard InChI is InChI=1S/C16H14N2O3S/c1-21-14(20)9-11(10-5-3-2-4-6-10)15-13(19)8-7-12-16(15)18-22-17-12/h2-8,11,19H,9H2,1H3/t11-/m0/s1. The number of phenols is 1. The topological polar surface area (TPSA) is 72.3 Å². The summed E-state index contributed by atoms with van der Waals surface area (Å²) in [6.45, 7) is 0. The van der Waals surface area contributed by atoms with Crippen LogP contribution in [0.25, 0.3) is 11.0 Å². The molecule has 1 atom stereocenters. The number of ether oxygens (including phenoxy) is 1. The van der Waals surface area contributed by atoms with Crippen molar-refractivity contribution in [1.29, 1.82) is 0 Å². The summed E-state index contributed by atoms with van der Waals surface area (Å²) in [5, 5.41) is 10.3. The van der Waals surface area contributed by atoms with Crippen LogP contribution >= 0.6 is 11.7 Å². The van der Waals surface area contributed by atoms with E-state index in [0.717, 1.165) is 17.3 Å². The monoisotopic (exact) mass is 314 g/mol. The van der Waals surface area contributed by atoms with Gasteiger partial charge in [-0.3, -0.25) is 4.79 Å². The summed E-state index contributed by atoms with van der Waals surface area (Å²) < 4.78 is 13.3. The Morgan fingerprint density at radius 2 is 2.00 bits per heavy atom. The molecule has 3 aromatic rings. The first-order chi connectivity index (χ1) is 10.7. The lowest BCUT2D eigenvalue weighted by atomic mass is 9.87. The first-order valence-corrected chi connectivity index (χ1v) is 7.49. The molecule has 0 saturated heterocycles. The number of methoxy groups -OCH3 is 1. The average molecular weight is 314 g/mol. The zero-order chi connectivity index (χ0) is 15.5. The normalized spacial score (nSPS) is 12.2. The fraction of sp³-hybridized carbons (Fsp3) is 0.188. The van der Waals surface area contributed by atoms with E-state index in [2.05, 4.69) is 8.75 Å². The second-order valence-corrected chi connectivity index (χ2v) is 5.40. The Kier molecular flexibility index (Phi) is 4.02. The third kappa shape index (κ3) is 2.65. The number of phenolic OH excluding ortho intramolecular Hbond substituents is 1. The molecule has 3 rings (SSSR count). The predicted molar refractivity (Wildman–Crippen MR) is 84.0 cm³/mol. The highest BCUT2D eigenvalue weighted by atomic mass is 32.1. The summed E-state index contributed by atoms with van der Waals surface area (Å²) >= 11 is 1.09. The minimum atomic E-state index is -0.339. The molecule has 0 spiro atoms. The molecule has 0 saturated carbocycles. The van der Waals surface area contributed by atoms with E-state index in [0.29, 0.717) is 16.6 Å². The van der Waals surface area contributed by atoms with Crippen LogP contribution in [0.4, 0.5) is 0 Å². The van der Waals surface area contributed by atoms with E-state index in [1.807, 2.05) is 30.3 Å². The molecule has 22 heavy (non-hydrogen) atoms. The molecular weight excluding hydrogens is 300 g/mol. The maximum Gasteiger partial charge on any atom is 0.306 e. The Hall–Kier alpha value is -2.47. The molecule has 0 aliphatic heterocycles. The second kappa shape index (κ2) is 6.11. The van der Waals surface area contributed by atoms with Gasteiger partial charge in [-0.2, -0.15) is 8.75 Å². The smallest absolute Gasteiger partial charge is 0.306 e. The molecule has 2 aromatic carbocycles. The number of carbonyl (C=O) groups is 1. The summed E-state index contributed by atoms with van der Waals surface area (Å²) in [4.78, 5) is 11.8. The fourth-order valence-corrected chi connectivity index (χ4v) is 3.08. The number of nitrogens with zero attached hydrogens (tertiary/aromatic N) is 2. The van der Waals surface area contributed by atoms with Gasteiger partial charge in [-0.15, -0.1) is 0 Å². The minimum absolute atomic E-state index is 0.109. The number of fused-ring (bicyclic) bond motifs is 1. The summed E-state index contributed by atoms with van der Waals surface area (Å²) in [5.74, 6) is -0.562. The van der Waals surface area contributed by atoms with Gasteiger partial charge in [0.2, 0.25) is 0 Å². The van der Waals surface area contributed by atoms with Crippen LogP contribution in [0, 0.1) is 0 Å². The number of benzene rings is 2. The Labute approximate surface area is 131 Å². The van der Waals surface area contributed by atoms with Crippen molar-refractivity contribution in [2.24, 2.45) is 0 Å². The number of carbonyl (C=O) groups excluding carboxylic acids is 1. The molecule has 0 unspecified atom stereocenters. The van der Waals surface area contributed by atoms with Crippen molar-refractivity contribution in [2.75, 3.05) is 7.11 Å². The fourth-order valence-electron chi connectivity index (χ4n) is 2.53. The van der Waals surface area contributed by atoms with Crippen LogP contribution < -0.4 is 0 Å². The zero-order valence-electron chi connectivity index (χ0n) is 11.9. The van der Waals surface area contributed by atoms with Crippen molar-refractivity contribution >= 4 is 28.7 Å². The Balaban J connectivity index is 2.17. The predicted octanol–water partition coefficient (Wildman–Crippen LogP) is 3.09. The number of rotatable bonds is 4. The lowest BCUT2D eigenvalue weighted by molar-refractivity contribution is -0.140. The van der Waals surface area contributed by atoms with Gasteiger partial charge in [0.05, 0.1) is 25.3 Å². The van der Waals surface area contributed by atoms with Crippen molar-refractivity contribution < 1.29 is 14.6 Å². The van der Waals surface area contributed by atoms with Crippen molar-refractivity contribution in [1.82, 2.24) is 8.75 Å². The van der Waals surface area contributed by atoms with E-state index in [1.165, 1.54) is 7.11 Å². The van der Waals surface area contributed by atoms with Gasteiger partial charge in [0.25, 0.3) is 0 Å². The Morgan fingerprint density at radius 3 is 2.73 bits per heavy atom. The SMILES string of the molecule is COC(=O)C[C@@H](c1ccccc1)c1c(O)ccc2nsnc12. The van der Waals surface area contributed by atoms with Crippen molar-refractivity contribution in [3.05, 3.63) is 53.6 Å². The van der Waals surface area contributed by atoms with Crippen LogP contribution in [-0.2, 0) is 9.53 Å². The summed E-state index contributed by atoms with van der Waals surface area (Å²) in [6.07, 6.45) is 0.130. The summed E-state index contributed by atoms with van der Waals surface area (Å²) in [5.41, 5.74) is 2.87. The number of esters is 1. The molecule has 0 aliphatic carbocycles. The van der Waals surface area contributed by atoms with Gasteiger partial charge in [-0.1, -0.05) is 30.3 Å². The maximum absolute atomic E-state index is 11.8. The molecule has 0 radical (unpaired) electrons. The molecule has 1 heterocycles. The quantitative estimate of drug-likeness (QED) is 0.749. The lowest BCUT2D eigenvalue weighted by Crippen LogP contribution is -2.11. The van der Waals surface area contributed by atoms with Crippen LogP contribution in [0.5, 0.6) is 5.75 Å². The van der Waals surface area contributed by atoms with Crippen molar-refractivity contribution in [2.45, 2.75) is 12.3 Å². The average Bonchev–Trinajstić information content (AvgIpc) is 3.02. The van der Waals surface area contributed by atoms with E-state index in [4.69, 9.17) is 4.74 Å². The van der Waals surface area contributed by atoms with Gasteiger partial charge in [0, 0.05) is 11.5 Å². The Bertz CT molecular complexity index is 802. The minimum Gasteiger partial charge on any atom is -0.508 e. The van der Waals surface area contributed by atoms with Crippen LogP contribution in [0.2, 0.25) is 0 Å². The van der Waals surface area contributed by atoms with Gasteiger partial charge >= 0.3 is 5.97 Å². The molecule has 0 bridgehead atoms. The zero-order valence-corrected chi connectivity index (χ0v) is 12.7. The molecular formula is C16H14N2O3S. The van der Waals surface area contributed by atoms with E-state index in [-0.39, 0.29) is 24.1 Å². The van der Waals surface area contributed by atoms with E-state index in [9.17, 15) is 9.90 Å². The summed E-state index contributed by atoms with van der Waals surface area (Å²) in [6, 6.07) is 12.9. The lowest BCUT2D eigenvalue weighted by Gasteiger charge is -2.18. The number of hydrogen-bond acceptors (Lipinski definition) is 6. The first kappa shape index (κ1) is 14.5. The van der Waals surface area contributed by atoms with Gasteiger partial charge in [-0.05, 0) is 17.7 Å². The molecule has 1 aromatic heterocycles. The molecule has 5 nitrogen and oxygen atoms in total. The van der Waals surface area contributed by atoms with E-state index >= 15 is 0 Å². The molecule has 112 valence electrons. The highest BCUT2D eigenvalue weighted by Gasteiger charge is 2.25. The second-order valence-electron chi connectivity index (χ2n) is 4.87. The van der Waals surface area contributed by atoms with Crippen LogP contribution in [0.15, 0.2) is 42.5 Å². The van der Waals surface area contributed by atoms with Crippen LogP contribution in [0.3, 0.4) is 0 Å². The number of aromatic nitrogens is 2. The van der Waals surface area contributed by atoms with Gasteiger partial charge in [-0.25, -0.2) is 0 Å². The van der Waals surface area contributed by atoms with Crippen molar-refractivity contribution in [3.63, 3.8) is 0 Å². The highest BCUT2D eigenvalue weighted by molar-refractivity contribution is 7.00. The molecule has 0 amide bonds. The summed E-state index contributed by atoms with van der Waals surface area (Å²) in [7, 11) is 1.36. The third-order valence-corrected chi connectivity index (χ3v) is 4.14. The van der Waals surface area contributed by atoms with Gasteiger partial charge in [0.1, 0.15) is 16.8 Å². The number of aromatic hydroxyl groups is 1. The number of hydrogen-bond donors (Lipinski definition) is 1. The van der Waals surface area contributed by atoms with Crippen LogP contribution in [-0.4, -0.2) is 26.9 Å². The van der Waals surface area contributed by atoms with Gasteiger partial charge < -0.3 is 9.84 Å². The van der Waals surface area contributed by atoms with E-state index < -0.39 is 0 Å². The largest absolute Gasteiger partial charge is 0.508 e. The highest BCUT2D eigenvalue weighted by Crippen LogP contribution is 2.38. The molecule has 0 aliphatic rings. The van der Waals surface area contributed by atoms with Crippen molar-refractivity contribution in [3.8, 4) is 5.75 Å². The third-order valence-electron chi connectivity index (χ3n) is 3.59.